The molecule has 0 bridgehead atoms. The quantitative estimate of drug-likeness (QED) is 0.721. The van der Waals surface area contributed by atoms with E-state index in [0.29, 0.717) is 29.6 Å². The molecule has 1 aromatic heterocycles. The van der Waals surface area contributed by atoms with Crippen molar-refractivity contribution < 1.29 is 23.9 Å². The van der Waals surface area contributed by atoms with Gasteiger partial charge in [-0.25, -0.2) is 9.18 Å². The predicted molar refractivity (Wildman–Crippen MR) is 91.9 cm³/mol. The van der Waals surface area contributed by atoms with Crippen LogP contribution >= 0.6 is 0 Å². The number of carboxylic acids is 1. The standard InChI is InChI=1S/C18H20FN3O4/c1-2-22-9-11(6-16(22)23)17(24)21-15(18(25)26)5-10-8-20-14-7-12(19)3-4-13(10)14/h3-4,7-8,11,15,20H,2,5-6,9H2,1H3,(H,21,24)(H,25,26)/t11-,15-/m0/s1. The lowest BCUT2D eigenvalue weighted by atomic mass is 10.0. The molecule has 2 amide bonds. The Bertz CT molecular complexity index is 863. The van der Waals surface area contributed by atoms with Crippen molar-refractivity contribution in [2.24, 2.45) is 5.92 Å². The zero-order chi connectivity index (χ0) is 18.8. The van der Waals surface area contributed by atoms with Crippen LogP contribution in [0.3, 0.4) is 0 Å². The number of carboxylic acid groups (broad SMARTS) is 1. The lowest BCUT2D eigenvalue weighted by Gasteiger charge is -2.17. The van der Waals surface area contributed by atoms with E-state index in [4.69, 9.17) is 0 Å². The summed E-state index contributed by atoms with van der Waals surface area (Å²) in [6.45, 7) is 2.66. The van der Waals surface area contributed by atoms with Gasteiger partial charge in [-0.05, 0) is 30.7 Å². The molecule has 3 N–H and O–H groups in total. The number of nitrogens with zero attached hydrogens (tertiary/aromatic N) is 1. The van der Waals surface area contributed by atoms with Gasteiger partial charge in [0, 0.05) is 43.0 Å². The van der Waals surface area contributed by atoms with Gasteiger partial charge in [0.15, 0.2) is 0 Å². The minimum Gasteiger partial charge on any atom is -0.480 e. The highest BCUT2D eigenvalue weighted by Gasteiger charge is 2.35. The van der Waals surface area contributed by atoms with Crippen LogP contribution in [0.15, 0.2) is 24.4 Å². The van der Waals surface area contributed by atoms with Crippen LogP contribution in [0.1, 0.15) is 18.9 Å². The Hall–Kier alpha value is -2.90. The van der Waals surface area contributed by atoms with Crippen LogP contribution in [0, 0.1) is 11.7 Å². The van der Waals surface area contributed by atoms with Crippen LogP contribution in [0.25, 0.3) is 10.9 Å². The SMILES string of the molecule is CCN1C[C@@H](C(=O)N[C@@H](Cc2c[nH]c3cc(F)ccc23)C(=O)O)CC1=O. The summed E-state index contributed by atoms with van der Waals surface area (Å²) in [6.07, 6.45) is 1.77. The first kappa shape index (κ1) is 17.9. The summed E-state index contributed by atoms with van der Waals surface area (Å²) in [5.74, 6) is -2.63. The molecule has 8 heteroatoms. The van der Waals surface area contributed by atoms with E-state index in [0.717, 1.165) is 0 Å². The van der Waals surface area contributed by atoms with E-state index >= 15 is 0 Å². The van der Waals surface area contributed by atoms with Gasteiger partial charge in [-0.15, -0.1) is 0 Å². The molecule has 0 radical (unpaired) electrons. The Morgan fingerprint density at radius 1 is 1.46 bits per heavy atom. The van der Waals surface area contributed by atoms with Gasteiger partial charge in [-0.3, -0.25) is 9.59 Å². The number of benzene rings is 1. The number of aliphatic carboxylic acids is 1. The molecule has 2 atom stereocenters. The summed E-state index contributed by atoms with van der Waals surface area (Å²) in [4.78, 5) is 40.2. The average Bonchev–Trinajstić information content (AvgIpc) is 3.17. The Labute approximate surface area is 149 Å². The maximum Gasteiger partial charge on any atom is 0.326 e. The Morgan fingerprint density at radius 3 is 2.88 bits per heavy atom. The molecular weight excluding hydrogens is 341 g/mol. The monoisotopic (exact) mass is 361 g/mol. The number of H-pyrrole nitrogens is 1. The fourth-order valence-corrected chi connectivity index (χ4v) is 3.29. The summed E-state index contributed by atoms with van der Waals surface area (Å²) in [5, 5.41) is 12.7. The number of carbonyl (C=O) groups excluding carboxylic acids is 2. The third-order valence-corrected chi connectivity index (χ3v) is 4.74. The van der Waals surface area contributed by atoms with Crippen molar-refractivity contribution in [2.45, 2.75) is 25.8 Å². The van der Waals surface area contributed by atoms with Crippen molar-refractivity contribution in [3.63, 3.8) is 0 Å². The molecule has 2 heterocycles. The molecule has 2 aromatic rings. The van der Waals surface area contributed by atoms with Crippen LogP contribution in [0.2, 0.25) is 0 Å². The second kappa shape index (κ2) is 7.15. The highest BCUT2D eigenvalue weighted by atomic mass is 19.1. The third-order valence-electron chi connectivity index (χ3n) is 4.74. The number of nitrogens with one attached hydrogen (secondary N) is 2. The van der Waals surface area contributed by atoms with Gasteiger partial charge in [0.05, 0.1) is 5.92 Å². The van der Waals surface area contributed by atoms with Crippen molar-refractivity contribution in [1.29, 1.82) is 0 Å². The van der Waals surface area contributed by atoms with Crippen molar-refractivity contribution in [3.05, 3.63) is 35.8 Å². The maximum atomic E-state index is 13.3. The second-order valence-electron chi connectivity index (χ2n) is 6.44. The van der Waals surface area contributed by atoms with Gasteiger partial charge < -0.3 is 20.3 Å². The number of hydrogen-bond acceptors (Lipinski definition) is 3. The minimum absolute atomic E-state index is 0.0604. The average molecular weight is 361 g/mol. The summed E-state index contributed by atoms with van der Waals surface area (Å²) in [7, 11) is 0. The largest absolute Gasteiger partial charge is 0.480 e. The van der Waals surface area contributed by atoms with Gasteiger partial charge >= 0.3 is 5.97 Å². The maximum absolute atomic E-state index is 13.3. The molecule has 0 spiro atoms. The number of rotatable bonds is 6. The zero-order valence-electron chi connectivity index (χ0n) is 14.3. The van der Waals surface area contributed by atoms with Crippen LogP contribution < -0.4 is 5.32 Å². The summed E-state index contributed by atoms with van der Waals surface area (Å²) >= 11 is 0. The lowest BCUT2D eigenvalue weighted by molar-refractivity contribution is -0.142. The number of halogens is 1. The van der Waals surface area contributed by atoms with Gasteiger partial charge in [0.1, 0.15) is 11.9 Å². The second-order valence-corrected chi connectivity index (χ2v) is 6.44. The smallest absolute Gasteiger partial charge is 0.326 e. The first-order valence-corrected chi connectivity index (χ1v) is 8.45. The molecule has 1 saturated heterocycles. The third kappa shape index (κ3) is 3.54. The van der Waals surface area contributed by atoms with E-state index in [-0.39, 0.29) is 24.6 Å². The normalized spacial score (nSPS) is 18.3. The van der Waals surface area contributed by atoms with E-state index in [1.54, 1.807) is 17.2 Å². The number of amides is 2. The van der Waals surface area contributed by atoms with E-state index in [2.05, 4.69) is 10.3 Å². The topological polar surface area (TPSA) is 102 Å². The molecule has 0 saturated carbocycles. The molecule has 1 aromatic carbocycles. The zero-order valence-corrected chi connectivity index (χ0v) is 14.3. The van der Waals surface area contributed by atoms with Gasteiger partial charge in [-0.2, -0.15) is 0 Å². The molecule has 7 nitrogen and oxygen atoms in total. The number of aromatic amines is 1. The molecule has 138 valence electrons. The molecule has 3 rings (SSSR count). The number of fused-ring (bicyclic) bond motifs is 1. The summed E-state index contributed by atoms with van der Waals surface area (Å²) in [6, 6.07) is 3.08. The number of aromatic nitrogens is 1. The van der Waals surface area contributed by atoms with Crippen LogP contribution in [0.5, 0.6) is 0 Å². The van der Waals surface area contributed by atoms with E-state index < -0.39 is 23.8 Å². The highest BCUT2D eigenvalue weighted by Crippen LogP contribution is 2.21. The molecule has 0 unspecified atom stereocenters. The summed E-state index contributed by atoms with van der Waals surface area (Å²) < 4.78 is 13.3. The Balaban J connectivity index is 1.72. The Morgan fingerprint density at radius 2 is 2.23 bits per heavy atom. The Kier molecular flexibility index (Phi) is 4.92. The van der Waals surface area contributed by atoms with Gasteiger partial charge in [0.2, 0.25) is 11.8 Å². The molecule has 1 aliphatic heterocycles. The number of hydrogen-bond donors (Lipinski definition) is 3. The van der Waals surface area contributed by atoms with Crippen LogP contribution in [-0.2, 0) is 20.8 Å². The molecule has 1 fully saturated rings. The fourth-order valence-electron chi connectivity index (χ4n) is 3.29. The van der Waals surface area contributed by atoms with Crippen molar-refractivity contribution >= 4 is 28.7 Å². The molecule has 26 heavy (non-hydrogen) atoms. The van der Waals surface area contributed by atoms with Crippen molar-refractivity contribution in [1.82, 2.24) is 15.2 Å². The number of carbonyl (C=O) groups is 3. The fraction of sp³-hybridized carbons (Fsp3) is 0.389. The minimum atomic E-state index is -1.16. The highest BCUT2D eigenvalue weighted by molar-refractivity contribution is 5.92. The van der Waals surface area contributed by atoms with Crippen LogP contribution in [-0.4, -0.2) is 51.9 Å². The number of likely N-dealkylation sites (tertiary alicyclic amines) is 1. The van der Waals surface area contributed by atoms with Crippen molar-refractivity contribution in [2.75, 3.05) is 13.1 Å². The molecule has 0 aliphatic carbocycles. The van der Waals surface area contributed by atoms with E-state index in [9.17, 15) is 23.9 Å². The summed E-state index contributed by atoms with van der Waals surface area (Å²) in [5.41, 5.74) is 1.24. The van der Waals surface area contributed by atoms with Gasteiger partial charge in [-0.1, -0.05) is 0 Å². The van der Waals surface area contributed by atoms with Gasteiger partial charge in [0.25, 0.3) is 0 Å². The first-order chi connectivity index (χ1) is 12.4. The van der Waals surface area contributed by atoms with Crippen molar-refractivity contribution in [3.8, 4) is 0 Å². The molecule has 1 aliphatic rings. The molecular formula is C18H20FN3O4. The van der Waals surface area contributed by atoms with E-state index in [1.165, 1.54) is 12.1 Å². The predicted octanol–water partition coefficient (Wildman–Crippen LogP) is 1.29. The first-order valence-electron chi connectivity index (χ1n) is 8.45. The van der Waals surface area contributed by atoms with Crippen LogP contribution in [0.4, 0.5) is 4.39 Å². The lowest BCUT2D eigenvalue weighted by Crippen LogP contribution is -2.45. The van der Waals surface area contributed by atoms with E-state index in [1.807, 2.05) is 6.92 Å².